The van der Waals surface area contributed by atoms with E-state index in [1.165, 1.54) is 19.2 Å². The van der Waals surface area contributed by atoms with E-state index >= 15 is 0 Å². The number of carbonyl (C=O) groups excluding carboxylic acids is 3. The first-order valence-electron chi connectivity index (χ1n) is 9.69. The van der Waals surface area contributed by atoms with Gasteiger partial charge in [0.2, 0.25) is 0 Å². The summed E-state index contributed by atoms with van der Waals surface area (Å²) in [5, 5.41) is 0.670. The van der Waals surface area contributed by atoms with Crippen LogP contribution in [0.5, 0.6) is 0 Å². The molecule has 0 spiro atoms. The van der Waals surface area contributed by atoms with Gasteiger partial charge in [0, 0.05) is 22.7 Å². The summed E-state index contributed by atoms with van der Waals surface area (Å²) in [4.78, 5) is 44.0. The number of nitrogens with one attached hydrogen (secondary N) is 3. The Bertz CT molecular complexity index is 1310. The fourth-order valence-electron chi connectivity index (χ4n) is 3.21. The zero-order chi connectivity index (χ0) is 22.0. The Morgan fingerprint density at radius 3 is 2.32 bits per heavy atom. The van der Waals surface area contributed by atoms with Gasteiger partial charge in [-0.15, -0.1) is 0 Å². The van der Waals surface area contributed by atoms with E-state index in [0.717, 1.165) is 11.1 Å². The molecule has 0 aliphatic rings. The van der Waals surface area contributed by atoms with Gasteiger partial charge in [-0.3, -0.25) is 25.2 Å². The Labute approximate surface area is 178 Å². The second-order valence-electron chi connectivity index (χ2n) is 7.20. The molecular formula is C24H20N4O3. The van der Waals surface area contributed by atoms with Gasteiger partial charge in [-0.1, -0.05) is 48.0 Å². The molecule has 0 fully saturated rings. The first-order chi connectivity index (χ1) is 14.9. The lowest BCUT2D eigenvalue weighted by Crippen LogP contribution is -2.41. The zero-order valence-electron chi connectivity index (χ0n) is 17.0. The Balaban J connectivity index is 1.61. The highest BCUT2D eigenvalue weighted by Gasteiger charge is 2.16. The van der Waals surface area contributed by atoms with Crippen molar-refractivity contribution in [1.82, 2.24) is 20.8 Å². The molecule has 0 bridgehead atoms. The Kier molecular flexibility index (Phi) is 5.32. The first-order valence-corrected chi connectivity index (χ1v) is 9.69. The van der Waals surface area contributed by atoms with Gasteiger partial charge >= 0.3 is 0 Å². The molecule has 7 heteroatoms. The van der Waals surface area contributed by atoms with Crippen LogP contribution >= 0.6 is 0 Å². The number of aryl methyl sites for hydroxylation is 1. The zero-order valence-corrected chi connectivity index (χ0v) is 17.0. The number of fused-ring (bicyclic) bond motifs is 1. The Morgan fingerprint density at radius 1 is 0.903 bits per heavy atom. The molecule has 0 radical (unpaired) electrons. The van der Waals surface area contributed by atoms with Crippen molar-refractivity contribution < 1.29 is 14.4 Å². The van der Waals surface area contributed by atoms with Crippen LogP contribution in [0.25, 0.3) is 22.2 Å². The highest BCUT2D eigenvalue weighted by atomic mass is 16.2. The van der Waals surface area contributed by atoms with Crippen molar-refractivity contribution in [2.45, 2.75) is 13.8 Å². The quantitative estimate of drug-likeness (QED) is 0.350. The SMILES string of the molecule is CC(=O)c1c[nH]c(C(=O)NNC(=O)c2cc(-c3ccc(C)cc3)nc3ccccc23)c1. The van der Waals surface area contributed by atoms with Crippen molar-refractivity contribution in [1.29, 1.82) is 0 Å². The molecule has 0 saturated carbocycles. The van der Waals surface area contributed by atoms with E-state index in [4.69, 9.17) is 0 Å². The van der Waals surface area contributed by atoms with Crippen molar-refractivity contribution in [3.8, 4) is 11.3 Å². The molecule has 4 aromatic rings. The second kappa shape index (κ2) is 8.23. The lowest BCUT2D eigenvalue weighted by atomic mass is 10.0. The van der Waals surface area contributed by atoms with E-state index in [0.29, 0.717) is 27.7 Å². The minimum absolute atomic E-state index is 0.161. The van der Waals surface area contributed by atoms with Crippen LogP contribution < -0.4 is 10.9 Å². The number of hydrogen-bond donors (Lipinski definition) is 3. The average Bonchev–Trinajstić information content (AvgIpc) is 3.28. The predicted molar refractivity (Wildman–Crippen MR) is 118 cm³/mol. The van der Waals surface area contributed by atoms with Crippen molar-refractivity contribution in [3.63, 3.8) is 0 Å². The third-order valence-corrected chi connectivity index (χ3v) is 4.93. The molecule has 7 nitrogen and oxygen atoms in total. The number of rotatable bonds is 4. The first kappa shape index (κ1) is 20.0. The summed E-state index contributed by atoms with van der Waals surface area (Å²) < 4.78 is 0. The summed E-state index contributed by atoms with van der Waals surface area (Å²) in [6.07, 6.45) is 1.45. The van der Waals surface area contributed by atoms with Crippen molar-refractivity contribution in [2.75, 3.05) is 0 Å². The van der Waals surface area contributed by atoms with Crippen LogP contribution in [0, 0.1) is 6.92 Å². The van der Waals surface area contributed by atoms with E-state index in [1.54, 1.807) is 6.07 Å². The molecule has 4 rings (SSSR count). The molecule has 154 valence electrons. The highest BCUT2D eigenvalue weighted by molar-refractivity contribution is 6.08. The topological polar surface area (TPSA) is 104 Å². The predicted octanol–water partition coefficient (Wildman–Crippen LogP) is 3.82. The number of carbonyl (C=O) groups is 3. The number of amides is 2. The number of ketones is 1. The van der Waals surface area contributed by atoms with Gasteiger partial charge in [0.15, 0.2) is 5.78 Å². The minimum atomic E-state index is -0.557. The number of H-pyrrole nitrogens is 1. The number of para-hydroxylation sites is 1. The van der Waals surface area contributed by atoms with Gasteiger partial charge in [0.05, 0.1) is 16.8 Å². The molecule has 2 aromatic carbocycles. The van der Waals surface area contributed by atoms with E-state index in [2.05, 4.69) is 20.8 Å². The second-order valence-corrected chi connectivity index (χ2v) is 7.20. The molecule has 0 unspecified atom stereocenters. The van der Waals surface area contributed by atoms with Gasteiger partial charge in [0.25, 0.3) is 11.8 Å². The van der Waals surface area contributed by atoms with E-state index in [9.17, 15) is 14.4 Å². The standard InChI is InChI=1S/C24H20N4O3/c1-14-7-9-16(10-8-14)21-12-19(18-5-3-4-6-20(18)26-21)23(30)27-28-24(31)22-11-17(13-25-22)15(2)29/h3-13,25H,1-2H3,(H,27,30)(H,28,31). The fraction of sp³-hybridized carbons (Fsp3) is 0.0833. The number of nitrogens with zero attached hydrogens (tertiary/aromatic N) is 1. The Morgan fingerprint density at radius 2 is 1.61 bits per heavy atom. The maximum absolute atomic E-state index is 12.9. The smallest absolute Gasteiger partial charge is 0.286 e. The molecule has 0 atom stereocenters. The maximum Gasteiger partial charge on any atom is 0.286 e. The lowest BCUT2D eigenvalue weighted by Gasteiger charge is -2.11. The van der Waals surface area contributed by atoms with E-state index in [1.807, 2.05) is 55.5 Å². The summed E-state index contributed by atoms with van der Waals surface area (Å²) in [6.45, 7) is 3.41. The molecule has 2 aromatic heterocycles. The number of pyridine rings is 1. The molecule has 2 amide bonds. The summed E-state index contributed by atoms with van der Waals surface area (Å²) >= 11 is 0. The fourth-order valence-corrected chi connectivity index (χ4v) is 3.21. The monoisotopic (exact) mass is 412 g/mol. The third kappa shape index (κ3) is 4.20. The molecule has 2 heterocycles. The molecule has 0 aliphatic carbocycles. The van der Waals surface area contributed by atoms with Crippen molar-refractivity contribution >= 4 is 28.5 Å². The summed E-state index contributed by atoms with van der Waals surface area (Å²) in [6, 6.07) is 18.3. The van der Waals surface area contributed by atoms with Crippen LogP contribution in [0.1, 0.15) is 43.7 Å². The molecule has 0 aliphatic heterocycles. The number of hydrogen-bond acceptors (Lipinski definition) is 4. The van der Waals surface area contributed by atoms with E-state index in [-0.39, 0.29) is 11.5 Å². The van der Waals surface area contributed by atoms with Gasteiger partial charge in [-0.05, 0) is 32.0 Å². The number of hydrazine groups is 1. The van der Waals surface area contributed by atoms with Gasteiger partial charge in [-0.2, -0.15) is 0 Å². The third-order valence-electron chi connectivity index (χ3n) is 4.93. The normalized spacial score (nSPS) is 10.6. The van der Waals surface area contributed by atoms with Crippen LogP contribution in [0.2, 0.25) is 0 Å². The van der Waals surface area contributed by atoms with Gasteiger partial charge < -0.3 is 4.98 Å². The largest absolute Gasteiger partial charge is 0.356 e. The maximum atomic E-state index is 12.9. The van der Waals surface area contributed by atoms with Crippen molar-refractivity contribution in [2.24, 2.45) is 0 Å². The van der Waals surface area contributed by atoms with Crippen LogP contribution in [0.15, 0.2) is 66.9 Å². The number of benzene rings is 2. The van der Waals surface area contributed by atoms with Crippen LogP contribution in [0.3, 0.4) is 0 Å². The average molecular weight is 412 g/mol. The summed E-state index contributed by atoms with van der Waals surface area (Å²) in [5.74, 6) is -1.19. The molecule has 3 N–H and O–H groups in total. The number of aromatic amines is 1. The van der Waals surface area contributed by atoms with E-state index < -0.39 is 11.8 Å². The number of aromatic nitrogens is 2. The number of Topliss-reactive ketones (excluding diaryl/α,β-unsaturated/α-hetero) is 1. The van der Waals surface area contributed by atoms with Gasteiger partial charge in [0.1, 0.15) is 5.69 Å². The van der Waals surface area contributed by atoms with Crippen molar-refractivity contribution in [3.05, 3.63) is 89.2 Å². The van der Waals surface area contributed by atoms with Crippen LogP contribution in [0.4, 0.5) is 0 Å². The van der Waals surface area contributed by atoms with Crippen LogP contribution in [-0.4, -0.2) is 27.6 Å². The Hall–Kier alpha value is -4.26. The minimum Gasteiger partial charge on any atom is -0.356 e. The van der Waals surface area contributed by atoms with Gasteiger partial charge in [-0.25, -0.2) is 4.98 Å². The molecule has 31 heavy (non-hydrogen) atoms. The van der Waals surface area contributed by atoms with Crippen LogP contribution in [-0.2, 0) is 0 Å². The molecule has 0 saturated heterocycles. The molecular weight excluding hydrogens is 392 g/mol. The summed E-state index contributed by atoms with van der Waals surface area (Å²) in [5.41, 5.74) is 9.12. The lowest BCUT2D eigenvalue weighted by molar-refractivity contribution is 0.0845. The highest BCUT2D eigenvalue weighted by Crippen LogP contribution is 2.25. The summed E-state index contributed by atoms with van der Waals surface area (Å²) in [7, 11) is 0.